The number of carbonyl (C=O) groups excluding carboxylic acids is 1. The number of hydrogen-bond acceptors (Lipinski definition) is 3. The van der Waals surface area contributed by atoms with Gasteiger partial charge in [-0.15, -0.1) is 0 Å². The Balaban J connectivity index is 1.84. The standard InChI is InChI=1S/C19H20ClFN2O/c1-22-8-10-23(11-9-22)13-14-4-2-3-5-16(14)19(24)17-7-6-15(20)12-18(17)21/h2-7,12H,8-11,13H2,1H3. The molecule has 3 nitrogen and oxygen atoms in total. The van der Waals surface area contributed by atoms with E-state index in [1.807, 2.05) is 18.2 Å². The Morgan fingerprint density at radius 3 is 2.50 bits per heavy atom. The molecular formula is C19H20ClFN2O. The average Bonchev–Trinajstić information content (AvgIpc) is 2.57. The highest BCUT2D eigenvalue weighted by atomic mass is 35.5. The van der Waals surface area contributed by atoms with Crippen molar-refractivity contribution in [2.24, 2.45) is 0 Å². The number of halogens is 2. The van der Waals surface area contributed by atoms with Crippen molar-refractivity contribution in [3.05, 3.63) is 70.0 Å². The summed E-state index contributed by atoms with van der Waals surface area (Å²) >= 11 is 5.78. The molecule has 3 rings (SSSR count). The van der Waals surface area contributed by atoms with Crippen molar-refractivity contribution >= 4 is 17.4 Å². The van der Waals surface area contributed by atoms with Gasteiger partial charge in [0, 0.05) is 43.3 Å². The van der Waals surface area contributed by atoms with Gasteiger partial charge in [-0.3, -0.25) is 9.69 Å². The number of benzene rings is 2. The van der Waals surface area contributed by atoms with Crippen LogP contribution in [0.15, 0.2) is 42.5 Å². The molecule has 0 atom stereocenters. The van der Waals surface area contributed by atoms with Gasteiger partial charge in [-0.2, -0.15) is 0 Å². The summed E-state index contributed by atoms with van der Waals surface area (Å²) in [7, 11) is 2.11. The molecule has 0 unspecified atom stereocenters. The monoisotopic (exact) mass is 346 g/mol. The van der Waals surface area contributed by atoms with Crippen LogP contribution >= 0.6 is 11.6 Å². The summed E-state index contributed by atoms with van der Waals surface area (Å²) in [4.78, 5) is 17.4. The molecule has 1 saturated heterocycles. The Morgan fingerprint density at radius 2 is 1.79 bits per heavy atom. The maximum atomic E-state index is 14.1. The first-order valence-corrected chi connectivity index (χ1v) is 8.41. The molecule has 0 bridgehead atoms. The molecule has 2 aromatic carbocycles. The van der Waals surface area contributed by atoms with Crippen LogP contribution in [0.4, 0.5) is 4.39 Å². The Labute approximate surface area is 146 Å². The van der Waals surface area contributed by atoms with Crippen molar-refractivity contribution in [2.45, 2.75) is 6.54 Å². The van der Waals surface area contributed by atoms with Gasteiger partial charge in [-0.05, 0) is 30.8 Å². The molecular weight excluding hydrogens is 327 g/mol. The first-order chi connectivity index (χ1) is 11.5. The van der Waals surface area contributed by atoms with E-state index in [9.17, 15) is 9.18 Å². The summed E-state index contributed by atoms with van der Waals surface area (Å²) in [6.07, 6.45) is 0. The Bertz CT molecular complexity index is 742. The van der Waals surface area contributed by atoms with Crippen molar-refractivity contribution < 1.29 is 9.18 Å². The minimum absolute atomic E-state index is 0.0604. The smallest absolute Gasteiger partial charge is 0.196 e. The maximum Gasteiger partial charge on any atom is 0.196 e. The van der Waals surface area contributed by atoms with E-state index in [-0.39, 0.29) is 16.4 Å². The van der Waals surface area contributed by atoms with Gasteiger partial charge < -0.3 is 4.90 Å². The van der Waals surface area contributed by atoms with E-state index >= 15 is 0 Å². The third-order valence-corrected chi connectivity index (χ3v) is 4.66. The van der Waals surface area contributed by atoms with Crippen LogP contribution in [-0.2, 0) is 6.54 Å². The summed E-state index contributed by atoms with van der Waals surface area (Å²) in [6, 6.07) is 11.6. The second-order valence-corrected chi connectivity index (χ2v) is 6.63. The molecule has 1 fully saturated rings. The van der Waals surface area contributed by atoms with Gasteiger partial charge in [-0.1, -0.05) is 35.9 Å². The fourth-order valence-corrected chi connectivity index (χ4v) is 3.10. The molecule has 1 aliphatic rings. The van der Waals surface area contributed by atoms with E-state index in [0.29, 0.717) is 12.1 Å². The van der Waals surface area contributed by atoms with Gasteiger partial charge in [0.15, 0.2) is 5.78 Å². The SMILES string of the molecule is CN1CCN(Cc2ccccc2C(=O)c2ccc(Cl)cc2F)CC1. The molecule has 0 amide bonds. The van der Waals surface area contributed by atoms with E-state index in [0.717, 1.165) is 31.7 Å². The van der Waals surface area contributed by atoms with Crippen molar-refractivity contribution in [1.29, 1.82) is 0 Å². The van der Waals surface area contributed by atoms with Crippen LogP contribution in [0.3, 0.4) is 0 Å². The van der Waals surface area contributed by atoms with Gasteiger partial charge in [0.1, 0.15) is 5.82 Å². The zero-order chi connectivity index (χ0) is 17.1. The van der Waals surface area contributed by atoms with Gasteiger partial charge in [-0.25, -0.2) is 4.39 Å². The predicted molar refractivity (Wildman–Crippen MR) is 94.1 cm³/mol. The van der Waals surface area contributed by atoms with E-state index in [1.165, 1.54) is 12.1 Å². The highest BCUT2D eigenvalue weighted by Gasteiger charge is 2.20. The summed E-state index contributed by atoms with van der Waals surface area (Å²) in [5.74, 6) is -0.879. The number of carbonyl (C=O) groups is 1. The minimum atomic E-state index is -0.582. The number of likely N-dealkylation sites (N-methyl/N-ethyl adjacent to an activating group) is 1. The van der Waals surface area contributed by atoms with Crippen LogP contribution in [0.1, 0.15) is 21.5 Å². The lowest BCUT2D eigenvalue weighted by molar-refractivity contribution is 0.103. The van der Waals surface area contributed by atoms with Crippen LogP contribution in [0.25, 0.3) is 0 Å². The molecule has 0 aliphatic carbocycles. The lowest BCUT2D eigenvalue weighted by Crippen LogP contribution is -2.44. The predicted octanol–water partition coefficient (Wildman–Crippen LogP) is 3.46. The first-order valence-electron chi connectivity index (χ1n) is 8.03. The van der Waals surface area contributed by atoms with E-state index in [4.69, 9.17) is 11.6 Å². The van der Waals surface area contributed by atoms with Gasteiger partial charge in [0.25, 0.3) is 0 Å². The number of hydrogen-bond donors (Lipinski definition) is 0. The molecule has 1 aliphatic heterocycles. The molecule has 5 heteroatoms. The van der Waals surface area contributed by atoms with Crippen LogP contribution in [-0.4, -0.2) is 48.8 Å². The van der Waals surface area contributed by atoms with Crippen molar-refractivity contribution in [3.8, 4) is 0 Å². The molecule has 0 spiro atoms. The number of ketones is 1. The van der Waals surface area contributed by atoms with E-state index < -0.39 is 5.82 Å². The molecule has 0 N–H and O–H groups in total. The van der Waals surface area contributed by atoms with Crippen LogP contribution in [0.2, 0.25) is 5.02 Å². The van der Waals surface area contributed by atoms with Gasteiger partial charge in [0.05, 0.1) is 5.56 Å². The summed E-state index contributed by atoms with van der Waals surface area (Å²) in [6.45, 7) is 4.66. The Hall–Kier alpha value is -1.75. The largest absolute Gasteiger partial charge is 0.304 e. The highest BCUT2D eigenvalue weighted by Crippen LogP contribution is 2.21. The molecule has 2 aromatic rings. The van der Waals surface area contributed by atoms with Gasteiger partial charge in [0.2, 0.25) is 0 Å². The summed E-state index contributed by atoms with van der Waals surface area (Å²) < 4.78 is 14.1. The molecule has 0 aromatic heterocycles. The molecule has 24 heavy (non-hydrogen) atoms. The highest BCUT2D eigenvalue weighted by molar-refractivity contribution is 6.30. The zero-order valence-electron chi connectivity index (χ0n) is 13.6. The first kappa shape index (κ1) is 17.1. The Morgan fingerprint density at radius 1 is 1.08 bits per heavy atom. The number of nitrogens with zero attached hydrogens (tertiary/aromatic N) is 2. The third kappa shape index (κ3) is 3.83. The molecule has 0 radical (unpaired) electrons. The van der Waals surface area contributed by atoms with E-state index in [1.54, 1.807) is 12.1 Å². The quantitative estimate of drug-likeness (QED) is 0.792. The summed E-state index contributed by atoms with van der Waals surface area (Å²) in [5, 5.41) is 0.287. The van der Waals surface area contributed by atoms with Crippen LogP contribution in [0, 0.1) is 5.82 Å². The molecule has 1 heterocycles. The zero-order valence-corrected chi connectivity index (χ0v) is 14.4. The van der Waals surface area contributed by atoms with Crippen LogP contribution in [0.5, 0.6) is 0 Å². The fourth-order valence-electron chi connectivity index (χ4n) is 2.95. The lowest BCUT2D eigenvalue weighted by Gasteiger charge is -2.32. The lowest BCUT2D eigenvalue weighted by atomic mass is 9.97. The van der Waals surface area contributed by atoms with Crippen molar-refractivity contribution in [2.75, 3.05) is 33.2 Å². The second-order valence-electron chi connectivity index (χ2n) is 6.19. The second kappa shape index (κ2) is 7.43. The van der Waals surface area contributed by atoms with Crippen LogP contribution < -0.4 is 0 Å². The van der Waals surface area contributed by atoms with Crippen molar-refractivity contribution in [1.82, 2.24) is 9.80 Å². The minimum Gasteiger partial charge on any atom is -0.304 e. The van der Waals surface area contributed by atoms with Crippen molar-refractivity contribution in [3.63, 3.8) is 0 Å². The number of rotatable bonds is 4. The average molecular weight is 347 g/mol. The number of piperazine rings is 1. The maximum absolute atomic E-state index is 14.1. The molecule has 0 saturated carbocycles. The molecule has 126 valence electrons. The third-order valence-electron chi connectivity index (χ3n) is 4.43. The Kier molecular flexibility index (Phi) is 5.29. The van der Waals surface area contributed by atoms with Gasteiger partial charge >= 0.3 is 0 Å². The summed E-state index contributed by atoms with van der Waals surface area (Å²) in [5.41, 5.74) is 1.55. The topological polar surface area (TPSA) is 23.6 Å². The van der Waals surface area contributed by atoms with E-state index in [2.05, 4.69) is 16.8 Å². The normalized spacial score (nSPS) is 16.3. The fraction of sp³-hybridized carbons (Fsp3) is 0.316.